The van der Waals surface area contributed by atoms with Crippen molar-refractivity contribution in [3.05, 3.63) is 59.7 Å². The molecule has 0 spiro atoms. The molecule has 8 heteroatoms. The van der Waals surface area contributed by atoms with E-state index in [0.29, 0.717) is 24.7 Å². The molecule has 0 bridgehead atoms. The Bertz CT molecular complexity index is 1070. The number of amides is 1. The summed E-state index contributed by atoms with van der Waals surface area (Å²) in [6.45, 7) is 7.34. The fourth-order valence-electron chi connectivity index (χ4n) is 4.09. The van der Waals surface area contributed by atoms with Crippen LogP contribution in [0.2, 0.25) is 0 Å². The van der Waals surface area contributed by atoms with Crippen molar-refractivity contribution in [3.8, 4) is 0 Å². The Hall–Kier alpha value is -2.29. The van der Waals surface area contributed by atoms with Gasteiger partial charge in [-0.3, -0.25) is 4.79 Å². The predicted octanol–water partition coefficient (Wildman–Crippen LogP) is 5.07. The fraction of sp³-hybridized carbons (Fsp3) is 0.462. The Kier molecular flexibility index (Phi) is 9.22. The molecule has 3 rings (SSSR count). The number of nitrogens with one attached hydrogen (secondary N) is 2. The van der Waals surface area contributed by atoms with Gasteiger partial charge < -0.3 is 10.6 Å². The molecule has 1 fully saturated rings. The second-order valence-corrected chi connectivity index (χ2v) is 11.7. The third kappa shape index (κ3) is 7.10. The summed E-state index contributed by atoms with van der Waals surface area (Å²) in [5.74, 6) is 0.0296. The summed E-state index contributed by atoms with van der Waals surface area (Å²) in [4.78, 5) is 12.9. The monoisotopic (exact) mass is 501 g/mol. The van der Waals surface area contributed by atoms with Crippen molar-refractivity contribution in [1.82, 2.24) is 9.62 Å². The van der Waals surface area contributed by atoms with Gasteiger partial charge in [-0.05, 0) is 79.7 Å². The smallest absolute Gasteiger partial charge is 0.243 e. The number of hydrogen-bond acceptors (Lipinski definition) is 4. The van der Waals surface area contributed by atoms with E-state index in [2.05, 4.69) is 36.6 Å². The standard InChI is InChI=1S/C26H35N3O3S2/c1-19(2)18-21-8-10-22(11-9-21)20(3)25(30)28-26(33)27-23-12-14-24(15-13-23)34(31,32)29-16-6-4-5-7-17-29/h8-15,19-20H,4-7,16-18H2,1-3H3,(H2,27,28,30,33). The Morgan fingerprint density at radius 2 is 1.53 bits per heavy atom. The van der Waals surface area contributed by atoms with E-state index in [-0.39, 0.29) is 21.8 Å². The van der Waals surface area contributed by atoms with E-state index in [1.165, 1.54) is 5.56 Å². The Labute approximate surface area is 209 Å². The molecule has 1 aliphatic heterocycles. The van der Waals surface area contributed by atoms with Crippen molar-refractivity contribution in [2.75, 3.05) is 18.4 Å². The van der Waals surface area contributed by atoms with Crippen molar-refractivity contribution < 1.29 is 13.2 Å². The van der Waals surface area contributed by atoms with Gasteiger partial charge in [0.25, 0.3) is 0 Å². The zero-order valence-corrected chi connectivity index (χ0v) is 21.8. The van der Waals surface area contributed by atoms with Crippen LogP contribution in [0.3, 0.4) is 0 Å². The zero-order chi connectivity index (χ0) is 24.7. The first-order valence-corrected chi connectivity index (χ1v) is 13.8. The van der Waals surface area contributed by atoms with E-state index >= 15 is 0 Å². The summed E-state index contributed by atoms with van der Waals surface area (Å²) in [5, 5.41) is 5.88. The molecule has 2 N–H and O–H groups in total. The maximum atomic E-state index is 12.9. The van der Waals surface area contributed by atoms with E-state index < -0.39 is 10.0 Å². The van der Waals surface area contributed by atoms with Gasteiger partial charge >= 0.3 is 0 Å². The molecule has 0 saturated carbocycles. The molecule has 1 atom stereocenters. The molecule has 1 heterocycles. The first-order chi connectivity index (χ1) is 16.2. The molecule has 6 nitrogen and oxygen atoms in total. The van der Waals surface area contributed by atoms with Crippen molar-refractivity contribution in [3.63, 3.8) is 0 Å². The average molecular weight is 502 g/mol. The van der Waals surface area contributed by atoms with Crippen LogP contribution in [-0.4, -0.2) is 36.8 Å². The molecule has 0 aromatic heterocycles. The van der Waals surface area contributed by atoms with E-state index in [1.807, 2.05) is 19.1 Å². The van der Waals surface area contributed by atoms with E-state index in [4.69, 9.17) is 12.2 Å². The van der Waals surface area contributed by atoms with Crippen molar-refractivity contribution in [1.29, 1.82) is 0 Å². The van der Waals surface area contributed by atoms with Gasteiger partial charge in [-0.1, -0.05) is 51.0 Å². The Morgan fingerprint density at radius 1 is 0.941 bits per heavy atom. The van der Waals surface area contributed by atoms with Gasteiger partial charge in [-0.2, -0.15) is 4.31 Å². The summed E-state index contributed by atoms with van der Waals surface area (Å²) >= 11 is 5.30. The van der Waals surface area contributed by atoms with Crippen molar-refractivity contribution >= 4 is 38.9 Å². The van der Waals surface area contributed by atoms with Crippen LogP contribution < -0.4 is 10.6 Å². The summed E-state index contributed by atoms with van der Waals surface area (Å²) in [5.41, 5.74) is 2.80. The number of hydrogen-bond donors (Lipinski definition) is 2. The van der Waals surface area contributed by atoms with Crippen LogP contribution in [0.25, 0.3) is 0 Å². The molecule has 2 aromatic rings. The number of thiocarbonyl (C=S) groups is 1. The zero-order valence-electron chi connectivity index (χ0n) is 20.2. The fourth-order valence-corrected chi connectivity index (χ4v) is 5.82. The summed E-state index contributed by atoms with van der Waals surface area (Å²) in [6.07, 6.45) is 4.94. The van der Waals surface area contributed by atoms with Gasteiger partial charge in [0, 0.05) is 18.8 Å². The summed E-state index contributed by atoms with van der Waals surface area (Å²) < 4.78 is 27.4. The molecule has 34 heavy (non-hydrogen) atoms. The number of anilines is 1. The van der Waals surface area contributed by atoms with Crippen LogP contribution in [0.1, 0.15) is 63.5 Å². The second kappa shape index (κ2) is 11.9. The van der Waals surface area contributed by atoms with Gasteiger partial charge in [-0.15, -0.1) is 0 Å². The van der Waals surface area contributed by atoms with Gasteiger partial charge in [0.05, 0.1) is 10.8 Å². The lowest BCUT2D eigenvalue weighted by molar-refractivity contribution is -0.120. The van der Waals surface area contributed by atoms with Crippen molar-refractivity contribution in [2.45, 2.75) is 63.7 Å². The summed E-state index contributed by atoms with van der Waals surface area (Å²) in [6, 6.07) is 14.6. The lowest BCUT2D eigenvalue weighted by atomic mass is 9.96. The van der Waals surface area contributed by atoms with Crippen LogP contribution in [0, 0.1) is 5.92 Å². The first-order valence-electron chi connectivity index (χ1n) is 12.0. The van der Waals surface area contributed by atoms with Crippen LogP contribution in [0.15, 0.2) is 53.4 Å². The molecule has 1 aliphatic rings. The maximum absolute atomic E-state index is 12.9. The summed E-state index contributed by atoms with van der Waals surface area (Å²) in [7, 11) is -3.50. The predicted molar refractivity (Wildman–Crippen MR) is 141 cm³/mol. The van der Waals surface area contributed by atoms with Gasteiger partial charge in [0.2, 0.25) is 15.9 Å². The lowest BCUT2D eigenvalue weighted by Gasteiger charge is -2.20. The largest absolute Gasteiger partial charge is 0.332 e. The number of carbonyl (C=O) groups excluding carboxylic acids is 1. The third-order valence-corrected chi connectivity index (χ3v) is 8.19. The van der Waals surface area contributed by atoms with E-state index in [9.17, 15) is 13.2 Å². The van der Waals surface area contributed by atoms with Gasteiger partial charge in [0.15, 0.2) is 5.11 Å². The minimum absolute atomic E-state index is 0.177. The van der Waals surface area contributed by atoms with Gasteiger partial charge in [-0.25, -0.2) is 8.42 Å². The maximum Gasteiger partial charge on any atom is 0.243 e. The van der Waals surface area contributed by atoms with E-state index in [1.54, 1.807) is 28.6 Å². The highest BCUT2D eigenvalue weighted by atomic mass is 32.2. The minimum atomic E-state index is -3.50. The number of nitrogens with zero attached hydrogens (tertiary/aromatic N) is 1. The molecular weight excluding hydrogens is 466 g/mol. The molecule has 1 amide bonds. The number of carbonyl (C=O) groups is 1. The quantitative estimate of drug-likeness (QED) is 0.518. The normalized spacial score (nSPS) is 16.0. The third-order valence-electron chi connectivity index (χ3n) is 6.07. The number of sulfonamides is 1. The Balaban J connectivity index is 1.56. The highest BCUT2D eigenvalue weighted by Crippen LogP contribution is 2.22. The van der Waals surface area contributed by atoms with Gasteiger partial charge in [0.1, 0.15) is 0 Å². The molecule has 1 unspecified atom stereocenters. The first kappa shape index (κ1) is 26.3. The lowest BCUT2D eigenvalue weighted by Crippen LogP contribution is -2.36. The molecule has 0 aliphatic carbocycles. The van der Waals surface area contributed by atoms with Crippen molar-refractivity contribution in [2.24, 2.45) is 5.92 Å². The number of benzene rings is 2. The van der Waals surface area contributed by atoms with Crippen LogP contribution in [0.5, 0.6) is 0 Å². The number of rotatable bonds is 7. The Morgan fingerprint density at radius 3 is 2.09 bits per heavy atom. The highest BCUT2D eigenvalue weighted by molar-refractivity contribution is 7.89. The van der Waals surface area contributed by atoms with Crippen LogP contribution in [0.4, 0.5) is 5.69 Å². The second-order valence-electron chi connectivity index (χ2n) is 9.35. The molecule has 1 saturated heterocycles. The van der Waals surface area contributed by atoms with Crippen LogP contribution >= 0.6 is 12.2 Å². The molecular formula is C26H35N3O3S2. The van der Waals surface area contributed by atoms with Crippen LogP contribution in [-0.2, 0) is 21.2 Å². The van der Waals surface area contributed by atoms with E-state index in [0.717, 1.165) is 37.7 Å². The molecule has 2 aromatic carbocycles. The minimum Gasteiger partial charge on any atom is -0.332 e. The molecule has 0 radical (unpaired) electrons. The highest BCUT2D eigenvalue weighted by Gasteiger charge is 2.25. The molecule has 184 valence electrons. The topological polar surface area (TPSA) is 78.5 Å². The average Bonchev–Trinajstić information content (AvgIpc) is 3.09. The SMILES string of the molecule is CC(C)Cc1ccc(C(C)C(=O)NC(=S)Nc2ccc(S(=O)(=O)N3CCCCCC3)cc2)cc1.